The summed E-state index contributed by atoms with van der Waals surface area (Å²) < 4.78 is 48.2. The first kappa shape index (κ1) is 35.0. The number of carbonyl (C=O) groups excluding carboxylic acids is 2. The Kier molecular flexibility index (Phi) is 16.1. The molecule has 0 amide bonds. The molecule has 0 spiro atoms. The number of alkyl halides is 1. The minimum atomic E-state index is -4.14. The maximum absolute atomic E-state index is 14.6. The lowest BCUT2D eigenvalue weighted by Gasteiger charge is -2.28. The number of carbonyl (C=O) groups is 2. The summed E-state index contributed by atoms with van der Waals surface area (Å²) >= 11 is 2.48. The van der Waals surface area contributed by atoms with Crippen molar-refractivity contribution in [2.75, 3.05) is 38.4 Å². The van der Waals surface area contributed by atoms with Crippen molar-refractivity contribution in [3.8, 4) is 0 Å². The number of hydrogen-bond donors (Lipinski definition) is 1. The fraction of sp³-hybridized carbons (Fsp3) is 0.913. The van der Waals surface area contributed by atoms with Crippen LogP contribution < -0.4 is 0 Å². The van der Waals surface area contributed by atoms with Crippen LogP contribution in [0.5, 0.6) is 0 Å². The van der Waals surface area contributed by atoms with Crippen molar-refractivity contribution in [1.82, 2.24) is 0 Å². The van der Waals surface area contributed by atoms with E-state index in [-0.39, 0.29) is 23.4 Å². The quantitative estimate of drug-likeness (QED) is 0.167. The lowest BCUT2D eigenvalue weighted by molar-refractivity contribution is -0.204. The summed E-state index contributed by atoms with van der Waals surface area (Å²) in [5.74, 6) is -1.39. The third kappa shape index (κ3) is 15.1. The Bertz CT molecular complexity index is 652. The SMILES string of the molecule is CO[C@](F)(COP(=O)(OCCCCSC(=O)C(C)(C)C)OCCCCSC(=O)C(C)(C)C)[C@H](C)O. The standard InChI is InChI=1S/C23H44FO8PS2/c1-18(25)23(24,29-8)17-32-33(28,30-13-9-11-15-34-19(26)21(2,3)4)31-14-10-12-16-35-20(27)22(5,6)7/h18,25H,9-17H2,1-8H3/t18-,23+/m0/s1. The Morgan fingerprint density at radius 2 is 1.26 bits per heavy atom. The van der Waals surface area contributed by atoms with E-state index in [0.717, 1.165) is 7.11 Å². The highest BCUT2D eigenvalue weighted by atomic mass is 32.2. The van der Waals surface area contributed by atoms with Crippen molar-refractivity contribution in [2.45, 2.75) is 86.1 Å². The van der Waals surface area contributed by atoms with Gasteiger partial charge in [0.05, 0.1) is 13.2 Å². The number of unbranched alkanes of at least 4 members (excludes halogenated alkanes) is 2. The second-order valence-corrected chi connectivity index (χ2v) is 14.0. The average Bonchev–Trinajstić information content (AvgIpc) is 2.75. The summed E-state index contributed by atoms with van der Waals surface area (Å²) in [4.78, 5) is 23.9. The highest BCUT2D eigenvalue weighted by Crippen LogP contribution is 2.50. The molecule has 0 saturated carbocycles. The van der Waals surface area contributed by atoms with Gasteiger partial charge >= 0.3 is 7.82 Å². The molecule has 0 aliphatic rings. The molecule has 2 atom stereocenters. The molecule has 0 saturated heterocycles. The minimum absolute atomic E-state index is 0.0262. The monoisotopic (exact) mass is 562 g/mol. The first-order chi connectivity index (χ1) is 16.0. The number of thioether (sulfide) groups is 2. The van der Waals surface area contributed by atoms with Crippen LogP contribution in [0.1, 0.15) is 74.1 Å². The van der Waals surface area contributed by atoms with Crippen LogP contribution in [0, 0.1) is 10.8 Å². The van der Waals surface area contributed by atoms with Crippen molar-refractivity contribution < 1.29 is 42.0 Å². The van der Waals surface area contributed by atoms with Gasteiger partial charge in [0.25, 0.3) is 5.85 Å². The smallest absolute Gasteiger partial charge is 0.387 e. The van der Waals surface area contributed by atoms with Gasteiger partial charge in [-0.05, 0) is 32.6 Å². The van der Waals surface area contributed by atoms with Gasteiger partial charge in [-0.25, -0.2) is 8.96 Å². The highest BCUT2D eigenvalue weighted by molar-refractivity contribution is 8.14. The van der Waals surface area contributed by atoms with Gasteiger partial charge in [-0.15, -0.1) is 0 Å². The zero-order valence-corrected chi connectivity index (χ0v) is 24.9. The Labute approximate surface area is 218 Å². The van der Waals surface area contributed by atoms with E-state index in [9.17, 15) is 23.7 Å². The van der Waals surface area contributed by atoms with Crippen LogP contribution >= 0.6 is 31.3 Å². The van der Waals surface area contributed by atoms with E-state index in [1.54, 1.807) is 0 Å². The summed E-state index contributed by atoms with van der Waals surface area (Å²) in [5, 5.41) is 9.79. The zero-order valence-electron chi connectivity index (χ0n) is 22.4. The second kappa shape index (κ2) is 16.1. The first-order valence-electron chi connectivity index (χ1n) is 11.8. The van der Waals surface area contributed by atoms with Crippen molar-refractivity contribution in [1.29, 1.82) is 0 Å². The molecular weight excluding hydrogens is 518 g/mol. The maximum Gasteiger partial charge on any atom is 0.474 e. The van der Waals surface area contributed by atoms with Crippen LogP contribution in [0.15, 0.2) is 0 Å². The third-order valence-electron chi connectivity index (χ3n) is 4.65. The molecule has 0 unspecified atom stereocenters. The van der Waals surface area contributed by atoms with Crippen LogP contribution in [-0.4, -0.2) is 65.7 Å². The second-order valence-electron chi connectivity index (χ2n) is 10.2. The molecule has 0 aromatic carbocycles. The van der Waals surface area contributed by atoms with E-state index < -0.39 is 37.2 Å². The van der Waals surface area contributed by atoms with E-state index in [1.807, 2.05) is 41.5 Å². The predicted molar refractivity (Wildman–Crippen MR) is 140 cm³/mol. The fourth-order valence-corrected chi connectivity index (χ4v) is 5.35. The molecule has 12 heteroatoms. The Morgan fingerprint density at radius 3 is 1.57 bits per heavy atom. The Hall–Kier alpha value is -0.0000000000000000763. The normalized spacial score (nSPS) is 15.6. The molecule has 1 N–H and O–H groups in total. The summed E-state index contributed by atoms with van der Waals surface area (Å²) in [5.41, 5.74) is -0.831. The fourth-order valence-electron chi connectivity index (χ4n) is 2.15. The summed E-state index contributed by atoms with van der Waals surface area (Å²) in [6.07, 6.45) is 0.743. The van der Waals surface area contributed by atoms with E-state index in [4.69, 9.17) is 13.6 Å². The topological polar surface area (TPSA) is 108 Å². The van der Waals surface area contributed by atoms with Gasteiger partial charge in [0.2, 0.25) is 0 Å². The number of rotatable bonds is 17. The first-order valence-corrected chi connectivity index (χ1v) is 15.2. The number of halogens is 1. The number of hydrogen-bond acceptors (Lipinski definition) is 10. The number of ether oxygens (including phenoxy) is 1. The van der Waals surface area contributed by atoms with Crippen molar-refractivity contribution in [3.05, 3.63) is 0 Å². The Balaban J connectivity index is 4.69. The maximum atomic E-state index is 14.6. The van der Waals surface area contributed by atoms with Gasteiger partial charge in [-0.3, -0.25) is 23.2 Å². The Morgan fingerprint density at radius 1 is 0.857 bits per heavy atom. The number of phosphoric acid groups is 1. The van der Waals surface area contributed by atoms with E-state index >= 15 is 0 Å². The summed E-state index contributed by atoms with van der Waals surface area (Å²) in [7, 11) is -3.07. The van der Waals surface area contributed by atoms with Crippen LogP contribution in [0.3, 0.4) is 0 Å². The van der Waals surface area contributed by atoms with Crippen molar-refractivity contribution in [2.24, 2.45) is 10.8 Å². The molecule has 0 aliphatic carbocycles. The molecular formula is C23H44FO8PS2. The zero-order chi connectivity index (χ0) is 27.3. The van der Waals surface area contributed by atoms with Crippen LogP contribution in [0.2, 0.25) is 0 Å². The van der Waals surface area contributed by atoms with Gasteiger partial charge in [0.1, 0.15) is 12.7 Å². The number of aliphatic hydroxyl groups is 1. The summed E-state index contributed by atoms with van der Waals surface area (Å²) in [6.45, 7) is 11.5. The number of aliphatic hydroxyl groups excluding tert-OH is 1. The predicted octanol–water partition coefficient (Wildman–Crippen LogP) is 6.01. The molecule has 0 fully saturated rings. The molecule has 0 heterocycles. The number of phosphoric ester groups is 1. The number of methoxy groups -OCH3 is 1. The lowest BCUT2D eigenvalue weighted by atomic mass is 9.99. The van der Waals surface area contributed by atoms with Gasteiger partial charge in [-0.2, -0.15) is 0 Å². The van der Waals surface area contributed by atoms with Gasteiger partial charge < -0.3 is 9.84 Å². The van der Waals surface area contributed by atoms with E-state index in [2.05, 4.69) is 4.74 Å². The van der Waals surface area contributed by atoms with Gasteiger partial charge in [0.15, 0.2) is 10.2 Å². The van der Waals surface area contributed by atoms with E-state index in [0.29, 0.717) is 37.2 Å². The van der Waals surface area contributed by atoms with Crippen LogP contribution in [0.25, 0.3) is 0 Å². The summed E-state index contributed by atoms with van der Waals surface area (Å²) in [6, 6.07) is 0. The average molecular weight is 563 g/mol. The minimum Gasteiger partial charge on any atom is -0.387 e. The molecule has 0 rings (SSSR count). The van der Waals surface area contributed by atoms with E-state index in [1.165, 1.54) is 30.4 Å². The van der Waals surface area contributed by atoms with Crippen LogP contribution in [-0.2, 0) is 32.5 Å². The molecule has 0 bridgehead atoms. The van der Waals surface area contributed by atoms with Crippen molar-refractivity contribution in [3.63, 3.8) is 0 Å². The lowest BCUT2D eigenvalue weighted by Crippen LogP contribution is -2.42. The van der Waals surface area contributed by atoms with Crippen molar-refractivity contribution >= 4 is 41.6 Å². The molecule has 208 valence electrons. The highest BCUT2D eigenvalue weighted by Gasteiger charge is 2.40. The van der Waals surface area contributed by atoms with Gasteiger partial charge in [0, 0.05) is 29.4 Å². The molecule has 0 aliphatic heterocycles. The third-order valence-corrected chi connectivity index (χ3v) is 8.83. The molecule has 0 aromatic heterocycles. The molecule has 8 nitrogen and oxygen atoms in total. The largest absolute Gasteiger partial charge is 0.474 e. The molecule has 35 heavy (non-hydrogen) atoms. The van der Waals surface area contributed by atoms with Gasteiger partial charge in [-0.1, -0.05) is 65.1 Å². The molecule has 0 radical (unpaired) electrons. The van der Waals surface area contributed by atoms with Crippen LogP contribution in [0.4, 0.5) is 4.39 Å². The molecule has 0 aromatic rings.